The molecule has 0 spiro atoms. The number of carbonyl (C=O) groups is 1. The number of nitrogens with two attached hydrogens (primary N) is 1. The highest BCUT2D eigenvalue weighted by atomic mass is 79.9. The van der Waals surface area contributed by atoms with Crippen LogP contribution >= 0.6 is 27.5 Å². The lowest BCUT2D eigenvalue weighted by atomic mass is 10.1. The van der Waals surface area contributed by atoms with Gasteiger partial charge in [-0.1, -0.05) is 39.7 Å². The summed E-state index contributed by atoms with van der Waals surface area (Å²) in [5.41, 5.74) is 7.97. The maximum Gasteiger partial charge on any atom is 0.255 e. The number of anilines is 1. The summed E-state index contributed by atoms with van der Waals surface area (Å²) in [4.78, 5) is 14.3. The minimum atomic E-state index is -0.0857. The predicted octanol–water partition coefficient (Wildman–Crippen LogP) is 4.35. The summed E-state index contributed by atoms with van der Waals surface area (Å²) < 4.78 is 0.850. The van der Waals surface area contributed by atoms with Gasteiger partial charge < -0.3 is 10.6 Å². The van der Waals surface area contributed by atoms with Crippen molar-refractivity contribution in [2.24, 2.45) is 0 Å². The highest BCUT2D eigenvalue weighted by Gasteiger charge is 2.17. The van der Waals surface area contributed by atoms with E-state index in [1.54, 1.807) is 17.0 Å². The van der Waals surface area contributed by atoms with Crippen LogP contribution in [0.15, 0.2) is 46.9 Å². The van der Waals surface area contributed by atoms with Crippen LogP contribution in [0.1, 0.15) is 22.8 Å². The van der Waals surface area contributed by atoms with Gasteiger partial charge in [-0.05, 0) is 42.8 Å². The lowest BCUT2D eigenvalue weighted by Gasteiger charge is -2.22. The highest BCUT2D eigenvalue weighted by Crippen LogP contribution is 2.23. The van der Waals surface area contributed by atoms with Crippen LogP contribution in [0.25, 0.3) is 0 Å². The number of rotatable bonds is 4. The van der Waals surface area contributed by atoms with Crippen LogP contribution in [0, 0.1) is 0 Å². The minimum Gasteiger partial charge on any atom is -0.399 e. The Morgan fingerprint density at radius 3 is 2.67 bits per heavy atom. The van der Waals surface area contributed by atoms with Crippen LogP contribution in [0.4, 0.5) is 5.69 Å². The Morgan fingerprint density at radius 2 is 2.05 bits per heavy atom. The molecular formula is C16H16BrClN2O. The van der Waals surface area contributed by atoms with Crippen molar-refractivity contribution in [3.63, 3.8) is 0 Å². The molecule has 0 saturated heterocycles. The first-order chi connectivity index (χ1) is 10.0. The Balaban J connectivity index is 2.22. The van der Waals surface area contributed by atoms with E-state index in [2.05, 4.69) is 15.9 Å². The zero-order chi connectivity index (χ0) is 15.4. The topological polar surface area (TPSA) is 46.3 Å². The maximum absolute atomic E-state index is 12.6. The first-order valence-corrected chi connectivity index (χ1v) is 7.77. The van der Waals surface area contributed by atoms with Gasteiger partial charge in [-0.15, -0.1) is 0 Å². The molecule has 0 aromatic heterocycles. The Bertz CT molecular complexity index is 660. The first kappa shape index (κ1) is 15.9. The molecular weight excluding hydrogens is 352 g/mol. The first-order valence-electron chi connectivity index (χ1n) is 6.60. The van der Waals surface area contributed by atoms with Crippen molar-refractivity contribution in [1.29, 1.82) is 0 Å². The van der Waals surface area contributed by atoms with Gasteiger partial charge in [0.15, 0.2) is 0 Å². The summed E-state index contributed by atoms with van der Waals surface area (Å²) in [6, 6.07) is 12.8. The molecule has 2 N–H and O–H groups in total. The SMILES string of the molecule is CCN(Cc1cccc(N)c1)C(=O)c1ccc(Br)cc1Cl. The number of hydrogen-bond donors (Lipinski definition) is 1. The van der Waals surface area contributed by atoms with Gasteiger partial charge in [0.1, 0.15) is 0 Å². The van der Waals surface area contributed by atoms with Crippen molar-refractivity contribution < 1.29 is 4.79 Å². The normalized spacial score (nSPS) is 10.4. The van der Waals surface area contributed by atoms with E-state index in [0.29, 0.717) is 29.4 Å². The molecule has 0 aliphatic heterocycles. The van der Waals surface area contributed by atoms with E-state index >= 15 is 0 Å². The number of nitrogens with zero attached hydrogens (tertiary/aromatic N) is 1. The second kappa shape index (κ2) is 6.96. The summed E-state index contributed by atoms with van der Waals surface area (Å²) in [6.45, 7) is 3.05. The zero-order valence-corrected chi connectivity index (χ0v) is 14.0. The molecule has 0 unspecified atom stereocenters. The number of carbonyl (C=O) groups excluding carboxylic acids is 1. The summed E-state index contributed by atoms with van der Waals surface area (Å²) in [5.74, 6) is -0.0857. The molecule has 5 heteroatoms. The average molecular weight is 368 g/mol. The Labute approximate surface area is 137 Å². The van der Waals surface area contributed by atoms with Gasteiger partial charge in [-0.2, -0.15) is 0 Å². The molecule has 3 nitrogen and oxygen atoms in total. The maximum atomic E-state index is 12.6. The molecule has 0 fully saturated rings. The molecule has 2 aromatic carbocycles. The van der Waals surface area contributed by atoms with Crippen molar-refractivity contribution in [2.75, 3.05) is 12.3 Å². The van der Waals surface area contributed by atoms with Crippen LogP contribution in [0.3, 0.4) is 0 Å². The molecule has 0 atom stereocenters. The fraction of sp³-hybridized carbons (Fsp3) is 0.188. The van der Waals surface area contributed by atoms with Crippen LogP contribution in [-0.2, 0) is 6.54 Å². The highest BCUT2D eigenvalue weighted by molar-refractivity contribution is 9.10. The van der Waals surface area contributed by atoms with Crippen LogP contribution in [0.2, 0.25) is 5.02 Å². The van der Waals surface area contributed by atoms with Gasteiger partial charge >= 0.3 is 0 Å². The Morgan fingerprint density at radius 1 is 1.29 bits per heavy atom. The average Bonchev–Trinajstić information content (AvgIpc) is 2.44. The van der Waals surface area contributed by atoms with Crippen molar-refractivity contribution in [1.82, 2.24) is 4.90 Å². The summed E-state index contributed by atoms with van der Waals surface area (Å²) in [6.07, 6.45) is 0. The molecule has 2 aromatic rings. The quantitative estimate of drug-likeness (QED) is 0.817. The molecule has 0 radical (unpaired) electrons. The molecule has 0 bridgehead atoms. The molecule has 110 valence electrons. The number of hydrogen-bond acceptors (Lipinski definition) is 2. The largest absolute Gasteiger partial charge is 0.399 e. The fourth-order valence-electron chi connectivity index (χ4n) is 2.07. The van der Waals surface area contributed by atoms with Gasteiger partial charge in [-0.25, -0.2) is 0 Å². The third-order valence-corrected chi connectivity index (χ3v) is 3.96. The van der Waals surface area contributed by atoms with Gasteiger partial charge in [0.25, 0.3) is 5.91 Å². The van der Waals surface area contributed by atoms with Crippen LogP contribution < -0.4 is 5.73 Å². The third kappa shape index (κ3) is 3.99. The molecule has 0 aliphatic carbocycles. The molecule has 0 saturated carbocycles. The molecule has 21 heavy (non-hydrogen) atoms. The van der Waals surface area contributed by atoms with E-state index in [0.717, 1.165) is 10.0 Å². The van der Waals surface area contributed by atoms with Crippen molar-refractivity contribution in [3.8, 4) is 0 Å². The van der Waals surface area contributed by atoms with E-state index < -0.39 is 0 Å². The van der Waals surface area contributed by atoms with Gasteiger partial charge in [0, 0.05) is 23.2 Å². The molecule has 1 amide bonds. The standard InChI is InChI=1S/C16H16BrClN2O/c1-2-20(10-11-4-3-5-13(19)8-11)16(21)14-7-6-12(17)9-15(14)18/h3-9H,2,10,19H2,1H3. The van der Waals surface area contributed by atoms with E-state index in [1.165, 1.54) is 0 Å². The summed E-state index contributed by atoms with van der Waals surface area (Å²) in [7, 11) is 0. The number of benzene rings is 2. The smallest absolute Gasteiger partial charge is 0.255 e. The van der Waals surface area contributed by atoms with E-state index in [-0.39, 0.29) is 5.91 Å². The number of halogens is 2. The van der Waals surface area contributed by atoms with Crippen LogP contribution in [-0.4, -0.2) is 17.4 Å². The number of amides is 1. The molecule has 0 heterocycles. The second-order valence-corrected chi connectivity index (χ2v) is 6.01. The predicted molar refractivity (Wildman–Crippen MR) is 90.4 cm³/mol. The Kier molecular flexibility index (Phi) is 5.26. The molecule has 2 rings (SSSR count). The second-order valence-electron chi connectivity index (χ2n) is 4.69. The number of nitrogen functional groups attached to an aromatic ring is 1. The van der Waals surface area contributed by atoms with Crippen molar-refractivity contribution in [2.45, 2.75) is 13.5 Å². The van der Waals surface area contributed by atoms with Gasteiger partial charge in [-0.3, -0.25) is 4.79 Å². The van der Waals surface area contributed by atoms with Gasteiger partial charge in [0.2, 0.25) is 0 Å². The van der Waals surface area contributed by atoms with E-state index in [1.807, 2.05) is 37.3 Å². The zero-order valence-electron chi connectivity index (χ0n) is 11.6. The van der Waals surface area contributed by atoms with Gasteiger partial charge in [0.05, 0.1) is 10.6 Å². The lowest BCUT2D eigenvalue weighted by Crippen LogP contribution is -2.30. The Hall–Kier alpha value is -1.52. The fourth-order valence-corrected chi connectivity index (χ4v) is 2.83. The monoisotopic (exact) mass is 366 g/mol. The van der Waals surface area contributed by atoms with Crippen molar-refractivity contribution in [3.05, 3.63) is 63.1 Å². The lowest BCUT2D eigenvalue weighted by molar-refractivity contribution is 0.0753. The van der Waals surface area contributed by atoms with Crippen molar-refractivity contribution >= 4 is 39.1 Å². The third-order valence-electron chi connectivity index (χ3n) is 3.15. The summed E-state index contributed by atoms with van der Waals surface area (Å²) >= 11 is 9.49. The van der Waals surface area contributed by atoms with E-state index in [9.17, 15) is 4.79 Å². The minimum absolute atomic E-state index is 0.0857. The molecule has 0 aliphatic rings. The summed E-state index contributed by atoms with van der Waals surface area (Å²) in [5, 5.41) is 0.445. The van der Waals surface area contributed by atoms with Crippen LogP contribution in [0.5, 0.6) is 0 Å². The van der Waals surface area contributed by atoms with E-state index in [4.69, 9.17) is 17.3 Å².